The fourth-order valence-electron chi connectivity index (χ4n) is 2.56. The van der Waals surface area contributed by atoms with E-state index < -0.39 is 0 Å². The van der Waals surface area contributed by atoms with Crippen molar-refractivity contribution in [2.75, 3.05) is 12.4 Å². The average Bonchev–Trinajstić information content (AvgIpc) is 3.01. The molecule has 0 unspecified atom stereocenters. The van der Waals surface area contributed by atoms with E-state index >= 15 is 0 Å². The molecule has 3 N–H and O–H groups in total. The molecule has 5 nitrogen and oxygen atoms in total. The molecule has 0 radical (unpaired) electrons. The van der Waals surface area contributed by atoms with Crippen LogP contribution in [0.2, 0.25) is 5.02 Å². The van der Waals surface area contributed by atoms with Crippen molar-refractivity contribution in [2.45, 2.75) is 20.3 Å². The molecule has 1 aliphatic carbocycles. The fraction of sp³-hybridized carbons (Fsp3) is 0.182. The Kier molecular flexibility index (Phi) is 8.99. The van der Waals surface area contributed by atoms with Gasteiger partial charge in [0.15, 0.2) is 0 Å². The van der Waals surface area contributed by atoms with E-state index in [2.05, 4.69) is 16.4 Å². The Balaban J connectivity index is 0.00000145. The van der Waals surface area contributed by atoms with Crippen LogP contribution in [0, 0.1) is 0 Å². The van der Waals surface area contributed by atoms with Gasteiger partial charge in [0.1, 0.15) is 0 Å². The topological polar surface area (TPSA) is 77.2 Å². The van der Waals surface area contributed by atoms with E-state index in [-0.39, 0.29) is 5.91 Å². The number of methoxy groups -OCH3 is 1. The Morgan fingerprint density at radius 3 is 2.66 bits per heavy atom. The van der Waals surface area contributed by atoms with Gasteiger partial charge in [-0.25, -0.2) is 4.98 Å². The number of pyridine rings is 1. The van der Waals surface area contributed by atoms with Crippen LogP contribution in [0.25, 0.3) is 5.57 Å². The van der Waals surface area contributed by atoms with Gasteiger partial charge in [0, 0.05) is 27.1 Å². The maximum atomic E-state index is 12.6. The molecule has 7 heteroatoms. The standard InChI is InChI=1S/C20H18ClN3O2S.C2H6/c1-26-19-10-7-15(12-23-19)24-20(25)14-6-9-18(21)17(11-14)13-3-2-4-16(27-22)8-5-13;1-2/h3-12H,2,22H2,1H3,(H,24,25);1-2H3. The van der Waals surface area contributed by atoms with Gasteiger partial charge in [-0.1, -0.05) is 43.7 Å². The number of amides is 1. The molecule has 1 aromatic heterocycles. The van der Waals surface area contributed by atoms with Crippen LogP contribution in [-0.4, -0.2) is 18.0 Å². The van der Waals surface area contributed by atoms with Crippen LogP contribution >= 0.6 is 23.5 Å². The summed E-state index contributed by atoms with van der Waals surface area (Å²) >= 11 is 7.58. The van der Waals surface area contributed by atoms with Gasteiger partial charge >= 0.3 is 0 Å². The number of anilines is 1. The molecule has 1 aromatic carbocycles. The lowest BCUT2D eigenvalue weighted by Gasteiger charge is -2.10. The molecule has 152 valence electrons. The zero-order chi connectivity index (χ0) is 21.2. The number of nitrogens with two attached hydrogens (primary N) is 1. The molecule has 0 fully saturated rings. The molecule has 1 aliphatic rings. The Morgan fingerprint density at radius 1 is 1.21 bits per heavy atom. The first-order chi connectivity index (χ1) is 14.1. The van der Waals surface area contributed by atoms with Crippen LogP contribution < -0.4 is 15.2 Å². The first kappa shape index (κ1) is 22.7. The Labute approximate surface area is 180 Å². The minimum atomic E-state index is -0.241. The molecule has 1 amide bonds. The lowest BCUT2D eigenvalue weighted by atomic mass is 10.0. The van der Waals surface area contributed by atoms with Crippen LogP contribution in [0.3, 0.4) is 0 Å². The minimum absolute atomic E-state index is 0.241. The number of nitrogens with one attached hydrogen (secondary N) is 1. The van der Waals surface area contributed by atoms with Crippen LogP contribution in [-0.2, 0) is 0 Å². The maximum Gasteiger partial charge on any atom is 0.255 e. The molecule has 3 rings (SSSR count). The Morgan fingerprint density at radius 2 is 2.00 bits per heavy atom. The van der Waals surface area contributed by atoms with Gasteiger partial charge in [-0.15, -0.1) is 0 Å². The van der Waals surface area contributed by atoms with E-state index in [0.717, 1.165) is 22.5 Å². The number of carbonyl (C=O) groups is 1. The highest BCUT2D eigenvalue weighted by molar-refractivity contribution is 8.01. The number of aromatic nitrogens is 1. The van der Waals surface area contributed by atoms with Crippen molar-refractivity contribution in [1.82, 2.24) is 4.98 Å². The monoisotopic (exact) mass is 429 g/mol. The Hall–Kier alpha value is -2.54. The molecule has 0 saturated heterocycles. The van der Waals surface area contributed by atoms with Crippen molar-refractivity contribution in [3.63, 3.8) is 0 Å². The second-order valence-corrected chi connectivity index (χ2v) is 6.81. The highest BCUT2D eigenvalue weighted by Gasteiger charge is 2.12. The van der Waals surface area contributed by atoms with E-state index in [9.17, 15) is 4.79 Å². The van der Waals surface area contributed by atoms with Gasteiger partial charge in [-0.05, 0) is 54.3 Å². The molecule has 1 heterocycles. The van der Waals surface area contributed by atoms with Crippen molar-refractivity contribution in [1.29, 1.82) is 0 Å². The molecule has 0 atom stereocenters. The van der Waals surface area contributed by atoms with Gasteiger partial charge in [-0.3, -0.25) is 9.93 Å². The summed E-state index contributed by atoms with van der Waals surface area (Å²) in [4.78, 5) is 17.7. The smallest absolute Gasteiger partial charge is 0.255 e. The number of hydrogen-bond acceptors (Lipinski definition) is 5. The van der Waals surface area contributed by atoms with E-state index in [0.29, 0.717) is 22.2 Å². The summed E-state index contributed by atoms with van der Waals surface area (Å²) in [7, 11) is 1.54. The van der Waals surface area contributed by atoms with E-state index in [1.807, 2.05) is 32.1 Å². The highest BCUT2D eigenvalue weighted by atomic mass is 35.5. The number of allylic oxidation sites excluding steroid dienone is 5. The van der Waals surface area contributed by atoms with Crippen molar-refractivity contribution < 1.29 is 9.53 Å². The van der Waals surface area contributed by atoms with Crippen molar-refractivity contribution >= 4 is 40.7 Å². The third-order valence-corrected chi connectivity index (χ3v) is 4.87. The zero-order valence-electron chi connectivity index (χ0n) is 16.6. The van der Waals surface area contributed by atoms with Gasteiger partial charge in [0.05, 0.1) is 19.0 Å². The van der Waals surface area contributed by atoms with E-state index in [4.69, 9.17) is 21.5 Å². The third-order valence-electron chi connectivity index (χ3n) is 3.96. The largest absolute Gasteiger partial charge is 0.481 e. The average molecular weight is 430 g/mol. The maximum absolute atomic E-state index is 12.6. The van der Waals surface area contributed by atoms with Crippen LogP contribution in [0.15, 0.2) is 65.7 Å². The quantitative estimate of drug-likeness (QED) is 0.582. The third kappa shape index (κ3) is 6.22. The number of rotatable bonds is 5. The molecule has 29 heavy (non-hydrogen) atoms. The second kappa shape index (κ2) is 11.5. The predicted molar refractivity (Wildman–Crippen MR) is 123 cm³/mol. The first-order valence-corrected chi connectivity index (χ1v) is 10.4. The van der Waals surface area contributed by atoms with Crippen molar-refractivity contribution in [3.8, 4) is 5.88 Å². The van der Waals surface area contributed by atoms with Crippen LogP contribution in [0.4, 0.5) is 5.69 Å². The molecular weight excluding hydrogens is 406 g/mol. The molecule has 0 bridgehead atoms. The lowest BCUT2D eigenvalue weighted by molar-refractivity contribution is 0.102. The molecular formula is C22H24ClN3O2S. The normalized spacial score (nSPS) is 12.7. The zero-order valence-corrected chi connectivity index (χ0v) is 18.2. The Bertz CT molecular complexity index is 938. The van der Waals surface area contributed by atoms with Gasteiger partial charge in [0.25, 0.3) is 5.91 Å². The lowest BCUT2D eigenvalue weighted by Crippen LogP contribution is -2.12. The summed E-state index contributed by atoms with van der Waals surface area (Å²) in [5.74, 6) is 0.243. The van der Waals surface area contributed by atoms with Gasteiger partial charge in [0.2, 0.25) is 5.88 Å². The number of halogens is 1. The molecule has 0 aliphatic heterocycles. The van der Waals surface area contributed by atoms with Gasteiger partial charge < -0.3 is 10.1 Å². The molecule has 0 spiro atoms. The van der Waals surface area contributed by atoms with Gasteiger partial charge in [-0.2, -0.15) is 0 Å². The summed E-state index contributed by atoms with van der Waals surface area (Å²) in [5.41, 5.74) is 2.83. The summed E-state index contributed by atoms with van der Waals surface area (Å²) in [6, 6.07) is 8.62. The number of ether oxygens (including phenoxy) is 1. The fourth-order valence-corrected chi connectivity index (χ4v) is 3.13. The SMILES string of the molecule is CC.COc1ccc(NC(=O)c2ccc(Cl)c(C3=CCC=C(SN)C=C3)c2)cn1. The van der Waals surface area contributed by atoms with Crippen molar-refractivity contribution in [3.05, 3.63) is 81.9 Å². The van der Waals surface area contributed by atoms with E-state index in [1.165, 1.54) is 19.1 Å². The summed E-state index contributed by atoms with van der Waals surface area (Å²) in [6.07, 6.45) is 10.3. The van der Waals surface area contributed by atoms with Crippen LogP contribution in [0.5, 0.6) is 5.88 Å². The minimum Gasteiger partial charge on any atom is -0.481 e. The predicted octanol–water partition coefficient (Wildman–Crippen LogP) is 5.86. The van der Waals surface area contributed by atoms with E-state index in [1.54, 1.807) is 36.5 Å². The summed E-state index contributed by atoms with van der Waals surface area (Å²) < 4.78 is 5.02. The molecule has 2 aromatic rings. The first-order valence-electron chi connectivity index (χ1n) is 9.17. The summed E-state index contributed by atoms with van der Waals surface area (Å²) in [5, 5.41) is 9.03. The van der Waals surface area contributed by atoms with Crippen LogP contribution in [0.1, 0.15) is 36.2 Å². The number of hydrogen-bond donors (Lipinski definition) is 2. The molecule has 0 saturated carbocycles. The number of carbonyl (C=O) groups excluding carboxylic acids is 1. The number of benzene rings is 1. The summed E-state index contributed by atoms with van der Waals surface area (Å²) in [6.45, 7) is 4.00. The number of nitrogens with zero attached hydrogens (tertiary/aromatic N) is 1. The van der Waals surface area contributed by atoms with Crippen molar-refractivity contribution in [2.24, 2.45) is 5.14 Å². The highest BCUT2D eigenvalue weighted by Crippen LogP contribution is 2.29. The second-order valence-electron chi connectivity index (χ2n) is 5.69.